The van der Waals surface area contributed by atoms with Gasteiger partial charge in [0.25, 0.3) is 0 Å². The fourth-order valence-corrected chi connectivity index (χ4v) is 4.53. The van der Waals surface area contributed by atoms with E-state index in [4.69, 9.17) is 11.5 Å². The average Bonchev–Trinajstić information content (AvgIpc) is 2.83. The van der Waals surface area contributed by atoms with Gasteiger partial charge in [0, 0.05) is 6.54 Å². The zero-order valence-corrected chi connectivity index (χ0v) is 19.7. The van der Waals surface area contributed by atoms with Crippen molar-refractivity contribution in [2.24, 2.45) is 11.5 Å². The lowest BCUT2D eigenvalue weighted by Gasteiger charge is -2.24. The van der Waals surface area contributed by atoms with E-state index in [-0.39, 0.29) is 0 Å². The summed E-state index contributed by atoms with van der Waals surface area (Å²) < 4.78 is 0. The summed E-state index contributed by atoms with van der Waals surface area (Å²) >= 11 is 0. The van der Waals surface area contributed by atoms with Crippen LogP contribution in [0.15, 0.2) is 54.6 Å². The number of unbranched alkanes of at least 4 members (excludes halogenated alkanes) is 4. The summed E-state index contributed by atoms with van der Waals surface area (Å²) in [6.45, 7) is 7.07. The van der Waals surface area contributed by atoms with Gasteiger partial charge in [-0.05, 0) is 111 Å². The summed E-state index contributed by atoms with van der Waals surface area (Å²) in [5.41, 5.74) is 12.8. The lowest BCUT2D eigenvalue weighted by atomic mass is 9.96. The molecule has 3 aromatic rings. The van der Waals surface area contributed by atoms with Gasteiger partial charge in [-0.2, -0.15) is 0 Å². The second kappa shape index (κ2) is 14.2. The third kappa shape index (κ3) is 7.56. The first-order valence-electron chi connectivity index (χ1n) is 12.6. The van der Waals surface area contributed by atoms with Crippen LogP contribution in [-0.2, 0) is 6.54 Å². The minimum atomic E-state index is 0.795. The van der Waals surface area contributed by atoms with Gasteiger partial charge in [-0.15, -0.1) is 0 Å². The predicted octanol–water partition coefficient (Wildman–Crippen LogP) is 5.03. The van der Waals surface area contributed by atoms with E-state index in [2.05, 4.69) is 64.8 Å². The molecule has 0 bridgehead atoms. The van der Waals surface area contributed by atoms with Gasteiger partial charge in [-0.1, -0.05) is 55.0 Å². The van der Waals surface area contributed by atoms with Crippen molar-refractivity contribution >= 4 is 21.5 Å². The van der Waals surface area contributed by atoms with Crippen molar-refractivity contribution in [3.05, 3.63) is 60.2 Å². The minimum Gasteiger partial charge on any atom is -0.330 e. The van der Waals surface area contributed by atoms with Crippen LogP contribution in [0.4, 0.5) is 0 Å². The molecule has 3 rings (SSSR count). The Morgan fingerprint density at radius 1 is 0.625 bits per heavy atom. The van der Waals surface area contributed by atoms with E-state index in [1.165, 1.54) is 59.2 Å². The number of nitrogens with zero attached hydrogens (tertiary/aromatic N) is 1. The first-order valence-corrected chi connectivity index (χ1v) is 12.6. The van der Waals surface area contributed by atoms with Crippen molar-refractivity contribution in [2.75, 3.05) is 39.3 Å². The largest absolute Gasteiger partial charge is 0.330 e. The summed E-state index contributed by atoms with van der Waals surface area (Å²) in [5.74, 6) is 0. The summed E-state index contributed by atoms with van der Waals surface area (Å²) in [7, 11) is 0. The van der Waals surface area contributed by atoms with E-state index >= 15 is 0 Å². The number of hydrogen-bond donors (Lipinski definition) is 3. The Hall–Kier alpha value is -1.98. The molecular weight excluding hydrogens is 392 g/mol. The topological polar surface area (TPSA) is 67.3 Å². The zero-order chi connectivity index (χ0) is 22.4. The molecule has 5 N–H and O–H groups in total. The molecular formula is C28H42N4. The summed E-state index contributed by atoms with van der Waals surface area (Å²) in [4.78, 5) is 2.67. The van der Waals surface area contributed by atoms with Gasteiger partial charge in [0.2, 0.25) is 0 Å². The van der Waals surface area contributed by atoms with Crippen molar-refractivity contribution < 1.29 is 0 Å². The molecule has 0 fully saturated rings. The van der Waals surface area contributed by atoms with Gasteiger partial charge in [0.1, 0.15) is 0 Å². The molecule has 0 amide bonds. The van der Waals surface area contributed by atoms with Gasteiger partial charge >= 0.3 is 0 Å². The standard InChI is InChI=1S/C28H42N4/c29-16-6-1-10-20-32(21-11-9-19-31-18-8-7-17-30)23-28-26-14-4-2-12-24(26)22-25-13-3-5-15-27(25)28/h2-5,12-15,22,31H,1,6-11,16-21,23,29-30H2. The van der Waals surface area contributed by atoms with Crippen molar-refractivity contribution in [1.29, 1.82) is 0 Å². The quantitative estimate of drug-likeness (QED) is 0.218. The Kier molecular flexibility index (Phi) is 11.0. The third-order valence-corrected chi connectivity index (χ3v) is 6.33. The molecule has 0 unspecified atom stereocenters. The Morgan fingerprint density at radius 3 is 1.78 bits per heavy atom. The van der Waals surface area contributed by atoms with Crippen LogP contribution in [0, 0.1) is 0 Å². The van der Waals surface area contributed by atoms with E-state index in [1.54, 1.807) is 0 Å². The summed E-state index contributed by atoms with van der Waals surface area (Å²) in [6, 6.07) is 20.0. The minimum absolute atomic E-state index is 0.795. The lowest BCUT2D eigenvalue weighted by Crippen LogP contribution is -2.27. The van der Waals surface area contributed by atoms with E-state index in [0.29, 0.717) is 0 Å². The van der Waals surface area contributed by atoms with Crippen molar-refractivity contribution in [1.82, 2.24) is 10.2 Å². The Morgan fingerprint density at radius 2 is 1.16 bits per heavy atom. The Labute approximate surface area is 194 Å². The zero-order valence-electron chi connectivity index (χ0n) is 19.7. The molecule has 3 aromatic carbocycles. The SMILES string of the molecule is NCCCCCN(CCCCNCCCCN)Cc1c2ccccc2cc2ccccc12. The van der Waals surface area contributed by atoms with E-state index in [1.807, 2.05) is 0 Å². The Bertz CT molecular complexity index is 870. The predicted molar refractivity (Wildman–Crippen MR) is 140 cm³/mol. The number of nitrogens with one attached hydrogen (secondary N) is 1. The maximum atomic E-state index is 5.72. The van der Waals surface area contributed by atoms with Crippen molar-refractivity contribution in [2.45, 2.75) is 51.5 Å². The highest BCUT2D eigenvalue weighted by Crippen LogP contribution is 2.29. The number of hydrogen-bond acceptors (Lipinski definition) is 4. The van der Waals surface area contributed by atoms with Crippen LogP contribution < -0.4 is 16.8 Å². The van der Waals surface area contributed by atoms with Crippen LogP contribution in [0.25, 0.3) is 21.5 Å². The maximum Gasteiger partial charge on any atom is 0.0246 e. The van der Waals surface area contributed by atoms with Crippen LogP contribution >= 0.6 is 0 Å². The normalized spacial score (nSPS) is 11.7. The Balaban J connectivity index is 1.67. The molecule has 0 radical (unpaired) electrons. The van der Waals surface area contributed by atoms with Crippen LogP contribution in [0.2, 0.25) is 0 Å². The van der Waals surface area contributed by atoms with Gasteiger partial charge < -0.3 is 16.8 Å². The first-order chi connectivity index (χ1) is 15.8. The maximum absolute atomic E-state index is 5.72. The first kappa shape index (κ1) is 24.7. The molecule has 0 atom stereocenters. The van der Waals surface area contributed by atoms with E-state index in [0.717, 1.165) is 58.7 Å². The molecule has 0 saturated carbocycles. The van der Waals surface area contributed by atoms with Gasteiger partial charge in [0.15, 0.2) is 0 Å². The van der Waals surface area contributed by atoms with Gasteiger partial charge in [-0.25, -0.2) is 0 Å². The number of rotatable bonds is 16. The second-order valence-corrected chi connectivity index (χ2v) is 8.88. The fourth-order valence-electron chi connectivity index (χ4n) is 4.53. The fraction of sp³-hybridized carbons (Fsp3) is 0.500. The summed E-state index contributed by atoms with van der Waals surface area (Å²) in [6.07, 6.45) is 8.29. The number of fused-ring (bicyclic) bond motifs is 2. The van der Waals surface area contributed by atoms with E-state index in [9.17, 15) is 0 Å². The van der Waals surface area contributed by atoms with Gasteiger partial charge in [0.05, 0.1) is 0 Å². The molecule has 4 nitrogen and oxygen atoms in total. The molecule has 174 valence electrons. The molecule has 32 heavy (non-hydrogen) atoms. The molecule has 4 heteroatoms. The molecule has 0 spiro atoms. The van der Waals surface area contributed by atoms with Crippen LogP contribution in [-0.4, -0.2) is 44.2 Å². The van der Waals surface area contributed by atoms with Crippen molar-refractivity contribution in [3.8, 4) is 0 Å². The van der Waals surface area contributed by atoms with Crippen LogP contribution in [0.5, 0.6) is 0 Å². The van der Waals surface area contributed by atoms with Crippen LogP contribution in [0.3, 0.4) is 0 Å². The molecule has 0 aliphatic carbocycles. The summed E-state index contributed by atoms with van der Waals surface area (Å²) in [5, 5.41) is 9.02. The number of benzene rings is 3. The third-order valence-electron chi connectivity index (χ3n) is 6.33. The molecule has 0 aliphatic heterocycles. The lowest BCUT2D eigenvalue weighted by molar-refractivity contribution is 0.255. The van der Waals surface area contributed by atoms with E-state index < -0.39 is 0 Å². The highest BCUT2D eigenvalue weighted by atomic mass is 15.1. The molecule has 0 aliphatic rings. The smallest absolute Gasteiger partial charge is 0.0246 e. The van der Waals surface area contributed by atoms with Gasteiger partial charge in [-0.3, -0.25) is 4.90 Å². The monoisotopic (exact) mass is 434 g/mol. The molecule has 0 saturated heterocycles. The average molecular weight is 435 g/mol. The van der Waals surface area contributed by atoms with Crippen molar-refractivity contribution in [3.63, 3.8) is 0 Å². The number of nitrogens with two attached hydrogens (primary N) is 2. The highest BCUT2D eigenvalue weighted by molar-refractivity contribution is 6.02. The molecule has 0 aromatic heterocycles. The highest BCUT2D eigenvalue weighted by Gasteiger charge is 2.12. The molecule has 0 heterocycles. The second-order valence-electron chi connectivity index (χ2n) is 8.88. The van der Waals surface area contributed by atoms with Crippen LogP contribution in [0.1, 0.15) is 50.5 Å².